The summed E-state index contributed by atoms with van der Waals surface area (Å²) in [6.07, 6.45) is 1.32. The standard InChI is InChI=1S/C10H22IN3O3/c1-9-2-3-11(9)16-6-5-14-10(15)8-13-4-7-17-12/h9,13H,2-8,12H2,1H3,(H,14,15). The molecule has 1 saturated heterocycles. The van der Waals surface area contributed by atoms with E-state index in [0.717, 1.165) is 3.92 Å². The zero-order chi connectivity index (χ0) is 12.5. The Morgan fingerprint density at radius 1 is 1.47 bits per heavy atom. The molecule has 0 bridgehead atoms. The van der Waals surface area contributed by atoms with E-state index in [1.165, 1.54) is 10.8 Å². The van der Waals surface area contributed by atoms with E-state index in [9.17, 15) is 4.79 Å². The van der Waals surface area contributed by atoms with Crippen molar-refractivity contribution < 1.29 is 12.7 Å². The third-order valence-corrected chi connectivity index (χ3v) is 8.35. The second-order valence-electron chi connectivity index (χ2n) is 3.82. The predicted molar refractivity (Wildman–Crippen MR) is 74.9 cm³/mol. The number of nitrogens with two attached hydrogens (primary N) is 1. The van der Waals surface area contributed by atoms with E-state index in [0.29, 0.717) is 32.8 Å². The number of rotatable bonds is 9. The predicted octanol–water partition coefficient (Wildman–Crippen LogP) is -0.187. The molecule has 1 heterocycles. The summed E-state index contributed by atoms with van der Waals surface area (Å²) in [6.45, 7) is 4.80. The number of alkyl halides is 2. The van der Waals surface area contributed by atoms with Gasteiger partial charge in [-0.2, -0.15) is 0 Å². The Bertz CT molecular complexity index is 231. The molecule has 1 aliphatic rings. The van der Waals surface area contributed by atoms with Gasteiger partial charge in [-0.25, -0.2) is 0 Å². The summed E-state index contributed by atoms with van der Waals surface area (Å²) in [5, 5.41) is 5.72. The van der Waals surface area contributed by atoms with Crippen molar-refractivity contribution in [3.05, 3.63) is 0 Å². The van der Waals surface area contributed by atoms with Crippen molar-refractivity contribution in [2.75, 3.05) is 37.3 Å². The van der Waals surface area contributed by atoms with Crippen molar-refractivity contribution in [2.24, 2.45) is 5.90 Å². The average molecular weight is 359 g/mol. The van der Waals surface area contributed by atoms with Gasteiger partial charge in [0.2, 0.25) is 0 Å². The Hall–Kier alpha value is 0.0400. The molecule has 1 aliphatic heterocycles. The molecule has 1 amide bonds. The van der Waals surface area contributed by atoms with Crippen LogP contribution in [0.3, 0.4) is 0 Å². The summed E-state index contributed by atoms with van der Waals surface area (Å²) in [5.74, 6) is 4.83. The van der Waals surface area contributed by atoms with E-state index in [1.54, 1.807) is 0 Å². The molecule has 7 heteroatoms. The first-order valence-electron chi connectivity index (χ1n) is 5.81. The van der Waals surface area contributed by atoms with Gasteiger partial charge in [-0.1, -0.05) is 0 Å². The number of nitrogens with one attached hydrogen (secondary N) is 2. The van der Waals surface area contributed by atoms with Gasteiger partial charge < -0.3 is 0 Å². The van der Waals surface area contributed by atoms with Crippen molar-refractivity contribution in [1.29, 1.82) is 0 Å². The van der Waals surface area contributed by atoms with E-state index < -0.39 is 20.2 Å². The molecule has 6 nitrogen and oxygen atoms in total. The van der Waals surface area contributed by atoms with Crippen LogP contribution in [0, 0.1) is 0 Å². The average Bonchev–Trinajstić information content (AvgIpc) is 2.32. The Balaban J connectivity index is 1.86. The normalized spacial score (nSPS) is 21.1. The Kier molecular flexibility index (Phi) is 8.02. The Labute approximate surface area is 110 Å². The molecule has 1 atom stereocenters. The van der Waals surface area contributed by atoms with E-state index in [1.807, 2.05) is 0 Å². The van der Waals surface area contributed by atoms with Gasteiger partial charge in [0.1, 0.15) is 0 Å². The number of halogens is 1. The SMILES string of the molecule is CC1CCI1OCCNC(=O)CNCCON. The van der Waals surface area contributed by atoms with Crippen LogP contribution in [0.5, 0.6) is 0 Å². The maximum atomic E-state index is 11.3. The molecule has 0 aromatic rings. The number of carbonyl (C=O) groups is 1. The summed E-state index contributed by atoms with van der Waals surface area (Å²) in [4.78, 5) is 15.7. The minimum absolute atomic E-state index is 0.0175. The molecule has 1 unspecified atom stereocenters. The third kappa shape index (κ3) is 6.51. The van der Waals surface area contributed by atoms with Gasteiger partial charge in [0.25, 0.3) is 0 Å². The number of hydrogen-bond donors (Lipinski definition) is 3. The number of amides is 1. The van der Waals surface area contributed by atoms with Gasteiger partial charge in [0.15, 0.2) is 0 Å². The summed E-state index contributed by atoms with van der Waals surface area (Å²) < 4.78 is 7.90. The third-order valence-electron chi connectivity index (χ3n) is 2.43. The monoisotopic (exact) mass is 359 g/mol. The second-order valence-corrected chi connectivity index (χ2v) is 9.66. The Morgan fingerprint density at radius 3 is 2.88 bits per heavy atom. The summed E-state index contributed by atoms with van der Waals surface area (Å²) in [6, 6.07) is 0. The van der Waals surface area contributed by atoms with E-state index >= 15 is 0 Å². The van der Waals surface area contributed by atoms with Gasteiger partial charge in [-0.05, 0) is 0 Å². The fourth-order valence-electron chi connectivity index (χ4n) is 1.30. The van der Waals surface area contributed by atoms with Crippen molar-refractivity contribution in [2.45, 2.75) is 17.3 Å². The molecule has 0 aromatic carbocycles. The van der Waals surface area contributed by atoms with Crippen LogP contribution in [0.25, 0.3) is 0 Å². The number of carbonyl (C=O) groups excluding carboxylic acids is 1. The van der Waals surface area contributed by atoms with Crippen LogP contribution < -0.4 is 16.5 Å². The molecular weight excluding hydrogens is 337 g/mol. The molecule has 1 fully saturated rings. The zero-order valence-electron chi connectivity index (χ0n) is 10.2. The van der Waals surface area contributed by atoms with Gasteiger partial charge in [-0.15, -0.1) is 0 Å². The number of hydrogen-bond acceptors (Lipinski definition) is 5. The summed E-state index contributed by atoms with van der Waals surface area (Å²) in [7, 11) is 0. The summed E-state index contributed by atoms with van der Waals surface area (Å²) in [5.41, 5.74) is 0. The summed E-state index contributed by atoms with van der Waals surface area (Å²) >= 11 is -1.05. The molecule has 0 radical (unpaired) electrons. The molecule has 0 saturated carbocycles. The van der Waals surface area contributed by atoms with E-state index in [-0.39, 0.29) is 5.91 Å². The van der Waals surface area contributed by atoms with Crippen LogP contribution in [-0.2, 0) is 12.7 Å². The van der Waals surface area contributed by atoms with Gasteiger partial charge in [0.05, 0.1) is 0 Å². The molecule has 102 valence electrons. The van der Waals surface area contributed by atoms with Crippen LogP contribution in [0.15, 0.2) is 0 Å². The van der Waals surface area contributed by atoms with E-state index in [4.69, 9.17) is 8.96 Å². The van der Waals surface area contributed by atoms with Crippen molar-refractivity contribution in [3.8, 4) is 0 Å². The molecule has 0 aromatic heterocycles. The molecular formula is C10H22IN3O3. The molecule has 0 spiro atoms. The van der Waals surface area contributed by atoms with Crippen molar-refractivity contribution >= 4 is 26.1 Å². The van der Waals surface area contributed by atoms with Gasteiger partial charge in [-0.3, -0.25) is 0 Å². The zero-order valence-corrected chi connectivity index (χ0v) is 12.4. The van der Waals surface area contributed by atoms with Crippen molar-refractivity contribution in [3.63, 3.8) is 0 Å². The topological polar surface area (TPSA) is 85.6 Å². The molecule has 4 N–H and O–H groups in total. The molecule has 17 heavy (non-hydrogen) atoms. The fourth-order valence-corrected chi connectivity index (χ4v) is 5.39. The fraction of sp³-hybridized carbons (Fsp3) is 0.900. The van der Waals surface area contributed by atoms with Crippen LogP contribution in [-0.4, -0.2) is 47.1 Å². The maximum absolute atomic E-state index is 11.3. The van der Waals surface area contributed by atoms with Crippen LogP contribution >= 0.6 is 20.2 Å². The first-order valence-corrected chi connectivity index (χ1v) is 9.46. The van der Waals surface area contributed by atoms with Gasteiger partial charge in [0, 0.05) is 0 Å². The second kappa shape index (κ2) is 9.03. The van der Waals surface area contributed by atoms with Gasteiger partial charge >= 0.3 is 110 Å². The minimum atomic E-state index is -1.05. The molecule has 1 rings (SSSR count). The van der Waals surface area contributed by atoms with Crippen LogP contribution in [0.1, 0.15) is 13.3 Å². The van der Waals surface area contributed by atoms with Crippen molar-refractivity contribution in [1.82, 2.24) is 10.6 Å². The van der Waals surface area contributed by atoms with E-state index in [2.05, 4.69) is 22.4 Å². The van der Waals surface area contributed by atoms with Crippen LogP contribution in [0.2, 0.25) is 0 Å². The quantitative estimate of drug-likeness (QED) is 0.230. The first kappa shape index (κ1) is 15.1. The Morgan fingerprint density at radius 2 is 2.29 bits per heavy atom. The van der Waals surface area contributed by atoms with Crippen LogP contribution in [0.4, 0.5) is 0 Å². The first-order chi connectivity index (χ1) is 8.24. The molecule has 0 aliphatic carbocycles.